The summed E-state index contributed by atoms with van der Waals surface area (Å²) in [6, 6.07) is 21.9. The van der Waals surface area contributed by atoms with E-state index < -0.39 is 8.80 Å². The average Bonchev–Trinajstić information content (AvgIpc) is 2.49. The van der Waals surface area contributed by atoms with E-state index in [1.54, 1.807) is 5.20 Å². The SMILES string of the molecule is CC/C=C(\CC)[Si](c1ccccc1)c1ccccc1. The molecule has 0 atom stereocenters. The fourth-order valence-electron chi connectivity index (χ4n) is 2.42. The maximum Gasteiger partial charge on any atom is 0.150 e. The van der Waals surface area contributed by atoms with Crippen LogP contribution in [-0.4, -0.2) is 8.80 Å². The Bertz CT molecular complexity index is 474. The number of benzene rings is 2. The van der Waals surface area contributed by atoms with Crippen LogP contribution in [0.4, 0.5) is 0 Å². The highest BCUT2D eigenvalue weighted by Gasteiger charge is 2.19. The minimum atomic E-state index is -0.791. The smallest absolute Gasteiger partial charge is 0.0890 e. The molecule has 0 bridgehead atoms. The zero-order chi connectivity index (χ0) is 13.5. The molecule has 0 N–H and O–H groups in total. The third-order valence-electron chi connectivity index (χ3n) is 3.28. The first-order chi connectivity index (χ1) is 9.36. The molecule has 0 saturated carbocycles. The van der Waals surface area contributed by atoms with Crippen molar-refractivity contribution in [3.63, 3.8) is 0 Å². The molecule has 0 aliphatic heterocycles. The number of allylic oxidation sites excluding steroid dienone is 2. The quantitative estimate of drug-likeness (QED) is 0.725. The molecule has 0 nitrogen and oxygen atoms in total. The highest BCUT2D eigenvalue weighted by molar-refractivity contribution is 6.90. The molecule has 2 rings (SSSR count). The van der Waals surface area contributed by atoms with Crippen molar-refractivity contribution in [2.45, 2.75) is 26.7 Å². The molecular weight excluding hydrogens is 244 g/mol. The van der Waals surface area contributed by atoms with Gasteiger partial charge in [-0.25, -0.2) is 0 Å². The van der Waals surface area contributed by atoms with Crippen molar-refractivity contribution >= 4 is 19.2 Å². The fraction of sp³-hybridized carbons (Fsp3) is 0.222. The Morgan fingerprint density at radius 2 is 1.32 bits per heavy atom. The molecule has 1 radical (unpaired) electrons. The monoisotopic (exact) mass is 265 g/mol. The van der Waals surface area contributed by atoms with E-state index in [4.69, 9.17) is 0 Å². The third-order valence-corrected chi connectivity index (χ3v) is 6.30. The van der Waals surface area contributed by atoms with Gasteiger partial charge >= 0.3 is 0 Å². The van der Waals surface area contributed by atoms with E-state index in [0.29, 0.717) is 0 Å². The van der Waals surface area contributed by atoms with Gasteiger partial charge in [0.25, 0.3) is 0 Å². The van der Waals surface area contributed by atoms with Gasteiger partial charge in [0.1, 0.15) is 8.80 Å². The largest absolute Gasteiger partial charge is 0.150 e. The van der Waals surface area contributed by atoms with Crippen molar-refractivity contribution in [1.29, 1.82) is 0 Å². The van der Waals surface area contributed by atoms with Gasteiger partial charge in [0, 0.05) is 0 Å². The molecule has 0 aliphatic rings. The van der Waals surface area contributed by atoms with Gasteiger partial charge in [-0.05, 0) is 12.8 Å². The third kappa shape index (κ3) is 3.45. The van der Waals surface area contributed by atoms with Gasteiger partial charge in [0.2, 0.25) is 0 Å². The molecule has 0 heterocycles. The van der Waals surface area contributed by atoms with E-state index in [1.807, 2.05) is 0 Å². The van der Waals surface area contributed by atoms with E-state index in [-0.39, 0.29) is 0 Å². The summed E-state index contributed by atoms with van der Waals surface area (Å²) in [5.74, 6) is 0. The van der Waals surface area contributed by atoms with Crippen molar-refractivity contribution in [3.05, 3.63) is 71.9 Å². The predicted octanol–water partition coefficient (Wildman–Crippen LogP) is 3.58. The van der Waals surface area contributed by atoms with Gasteiger partial charge in [-0.2, -0.15) is 0 Å². The van der Waals surface area contributed by atoms with Gasteiger partial charge in [-0.15, -0.1) is 0 Å². The molecule has 0 amide bonds. The average molecular weight is 265 g/mol. The van der Waals surface area contributed by atoms with Crippen molar-refractivity contribution in [2.75, 3.05) is 0 Å². The first kappa shape index (κ1) is 13.8. The molecule has 0 aliphatic carbocycles. The molecule has 0 saturated heterocycles. The standard InChI is InChI=1S/C18H21Si/c1-3-11-16(4-2)19(17-12-7-5-8-13-17)18-14-9-6-10-15-18/h5-15H,3-4H2,1-2H3/b16-11+. The maximum absolute atomic E-state index is 2.42. The molecule has 1 heteroatoms. The van der Waals surface area contributed by atoms with Crippen LogP contribution in [0.3, 0.4) is 0 Å². The lowest BCUT2D eigenvalue weighted by atomic mass is 10.3. The van der Waals surface area contributed by atoms with E-state index in [9.17, 15) is 0 Å². The van der Waals surface area contributed by atoms with Crippen LogP contribution >= 0.6 is 0 Å². The molecule has 97 valence electrons. The lowest BCUT2D eigenvalue weighted by molar-refractivity contribution is 1.13. The summed E-state index contributed by atoms with van der Waals surface area (Å²) in [5, 5.41) is 4.59. The minimum absolute atomic E-state index is 0.791. The fourth-order valence-corrected chi connectivity index (χ4v) is 5.30. The van der Waals surface area contributed by atoms with E-state index in [0.717, 1.165) is 12.8 Å². The van der Waals surface area contributed by atoms with Crippen LogP contribution in [0.15, 0.2) is 71.9 Å². The lowest BCUT2D eigenvalue weighted by Gasteiger charge is -2.19. The second-order valence-electron chi connectivity index (χ2n) is 4.60. The van der Waals surface area contributed by atoms with Crippen molar-refractivity contribution in [2.24, 2.45) is 0 Å². The summed E-state index contributed by atoms with van der Waals surface area (Å²) in [7, 11) is -0.791. The topological polar surface area (TPSA) is 0 Å². The van der Waals surface area contributed by atoms with Crippen LogP contribution in [0.2, 0.25) is 0 Å². The summed E-state index contributed by atoms with van der Waals surface area (Å²) in [5.41, 5.74) is 0. The van der Waals surface area contributed by atoms with Crippen LogP contribution in [0.25, 0.3) is 0 Å². The summed E-state index contributed by atoms with van der Waals surface area (Å²) in [4.78, 5) is 0. The number of hydrogen-bond donors (Lipinski definition) is 0. The van der Waals surface area contributed by atoms with Gasteiger partial charge < -0.3 is 0 Å². The molecule has 2 aromatic rings. The normalized spacial score (nSPS) is 11.8. The Hall–Kier alpha value is -1.60. The van der Waals surface area contributed by atoms with Crippen LogP contribution in [0.1, 0.15) is 26.7 Å². The van der Waals surface area contributed by atoms with Crippen molar-refractivity contribution < 1.29 is 0 Å². The summed E-state index contributed by atoms with van der Waals surface area (Å²) in [6.45, 7) is 4.50. The summed E-state index contributed by atoms with van der Waals surface area (Å²) < 4.78 is 0. The zero-order valence-electron chi connectivity index (χ0n) is 11.8. The molecule has 0 aromatic heterocycles. The second kappa shape index (κ2) is 7.10. The Balaban J connectivity index is 2.48. The van der Waals surface area contributed by atoms with E-state index in [1.165, 1.54) is 10.4 Å². The van der Waals surface area contributed by atoms with Gasteiger partial charge in [-0.3, -0.25) is 0 Å². The zero-order valence-corrected chi connectivity index (χ0v) is 12.8. The van der Waals surface area contributed by atoms with Crippen LogP contribution < -0.4 is 10.4 Å². The van der Waals surface area contributed by atoms with Gasteiger partial charge in [-0.1, -0.05) is 96.2 Å². The maximum atomic E-state index is 2.42. The second-order valence-corrected chi connectivity index (χ2v) is 7.15. The summed E-state index contributed by atoms with van der Waals surface area (Å²) >= 11 is 0. The number of rotatable bonds is 5. The molecule has 0 unspecified atom stereocenters. The predicted molar refractivity (Wildman–Crippen MR) is 86.6 cm³/mol. The van der Waals surface area contributed by atoms with Crippen LogP contribution in [0.5, 0.6) is 0 Å². The van der Waals surface area contributed by atoms with Crippen molar-refractivity contribution in [3.8, 4) is 0 Å². The van der Waals surface area contributed by atoms with Crippen LogP contribution in [0, 0.1) is 0 Å². The minimum Gasteiger partial charge on any atom is -0.0890 e. The molecule has 0 fully saturated rings. The molecular formula is C18H21Si. The molecule has 0 spiro atoms. The number of hydrogen-bond acceptors (Lipinski definition) is 0. The highest BCUT2D eigenvalue weighted by Crippen LogP contribution is 2.09. The lowest BCUT2D eigenvalue weighted by Crippen LogP contribution is -2.44. The summed E-state index contributed by atoms with van der Waals surface area (Å²) in [6.07, 6.45) is 4.69. The van der Waals surface area contributed by atoms with Gasteiger partial charge in [0.05, 0.1) is 0 Å². The van der Waals surface area contributed by atoms with Crippen LogP contribution in [-0.2, 0) is 0 Å². The Labute approximate surface area is 118 Å². The highest BCUT2D eigenvalue weighted by atomic mass is 28.3. The first-order valence-corrected chi connectivity index (χ1v) is 8.54. The Morgan fingerprint density at radius 3 is 1.68 bits per heavy atom. The van der Waals surface area contributed by atoms with Crippen molar-refractivity contribution in [1.82, 2.24) is 0 Å². The Kier molecular flexibility index (Phi) is 5.16. The first-order valence-electron chi connectivity index (χ1n) is 7.04. The van der Waals surface area contributed by atoms with E-state index in [2.05, 4.69) is 80.6 Å². The Morgan fingerprint density at radius 1 is 0.842 bits per heavy atom. The van der Waals surface area contributed by atoms with Gasteiger partial charge in [0.15, 0.2) is 0 Å². The molecule has 19 heavy (non-hydrogen) atoms. The van der Waals surface area contributed by atoms with E-state index >= 15 is 0 Å². The molecule has 2 aromatic carbocycles.